The van der Waals surface area contributed by atoms with Crippen LogP contribution < -0.4 is 0 Å². The van der Waals surface area contributed by atoms with Gasteiger partial charge in [-0.3, -0.25) is 0 Å². The molecule has 0 aliphatic rings. The van der Waals surface area contributed by atoms with Crippen molar-refractivity contribution in [1.29, 1.82) is 0 Å². The van der Waals surface area contributed by atoms with Crippen molar-refractivity contribution >= 4 is 11.0 Å². The van der Waals surface area contributed by atoms with Gasteiger partial charge >= 0.3 is 0 Å². The summed E-state index contributed by atoms with van der Waals surface area (Å²) in [7, 11) is 1.93. The molecule has 0 bridgehead atoms. The fraction of sp³-hybridized carbons (Fsp3) is 0.364. The Kier molecular flexibility index (Phi) is 2.04. The van der Waals surface area contributed by atoms with Crippen molar-refractivity contribution in [3.05, 3.63) is 29.6 Å². The number of aromatic nitrogens is 2. The number of rotatable bonds is 1. The third-order valence-electron chi connectivity index (χ3n) is 2.50. The average Bonchev–Trinajstić information content (AvgIpc) is 2.45. The van der Waals surface area contributed by atoms with Gasteiger partial charge < -0.3 is 9.67 Å². The van der Waals surface area contributed by atoms with Gasteiger partial charge in [0, 0.05) is 7.05 Å². The molecule has 0 aliphatic carbocycles. The van der Waals surface area contributed by atoms with Crippen LogP contribution in [0.5, 0.6) is 0 Å². The molecule has 3 nitrogen and oxygen atoms in total. The zero-order chi connectivity index (χ0) is 10.3. The quantitative estimate of drug-likeness (QED) is 0.746. The average molecular weight is 190 g/mol. The molecule has 2 aromatic rings. The molecule has 1 aromatic heterocycles. The molecule has 1 unspecified atom stereocenters. The van der Waals surface area contributed by atoms with Crippen LogP contribution >= 0.6 is 0 Å². The van der Waals surface area contributed by atoms with E-state index in [0.717, 1.165) is 11.0 Å². The minimum Gasteiger partial charge on any atom is -0.385 e. The molecule has 1 aromatic carbocycles. The molecule has 74 valence electrons. The van der Waals surface area contributed by atoms with Crippen LogP contribution in [0, 0.1) is 6.92 Å². The number of hydrogen-bond donors (Lipinski definition) is 1. The smallest absolute Gasteiger partial charge is 0.138 e. The van der Waals surface area contributed by atoms with Gasteiger partial charge in [0.25, 0.3) is 0 Å². The molecule has 0 saturated heterocycles. The van der Waals surface area contributed by atoms with Gasteiger partial charge in [-0.15, -0.1) is 0 Å². The van der Waals surface area contributed by atoms with Crippen LogP contribution in [-0.4, -0.2) is 14.7 Å². The van der Waals surface area contributed by atoms with E-state index in [4.69, 9.17) is 0 Å². The molecule has 1 heterocycles. The van der Waals surface area contributed by atoms with E-state index in [9.17, 15) is 5.11 Å². The largest absolute Gasteiger partial charge is 0.385 e. The zero-order valence-electron chi connectivity index (χ0n) is 8.65. The standard InChI is InChI=1S/C11H14N2O/c1-7-5-4-6-9-10(7)13(3)11(12-9)8(2)14/h4-6,8,14H,1-3H3. The lowest BCUT2D eigenvalue weighted by atomic mass is 10.2. The highest BCUT2D eigenvalue weighted by Crippen LogP contribution is 2.21. The van der Waals surface area contributed by atoms with Gasteiger partial charge in [0.1, 0.15) is 11.9 Å². The van der Waals surface area contributed by atoms with Gasteiger partial charge in [-0.2, -0.15) is 0 Å². The molecule has 0 fully saturated rings. The second kappa shape index (κ2) is 3.10. The number of aryl methyl sites for hydroxylation is 2. The highest BCUT2D eigenvalue weighted by Gasteiger charge is 2.12. The molecule has 3 heteroatoms. The highest BCUT2D eigenvalue weighted by molar-refractivity contribution is 5.79. The molecule has 2 rings (SSSR count). The van der Waals surface area contributed by atoms with Crippen molar-refractivity contribution in [2.24, 2.45) is 7.05 Å². The molecule has 1 N–H and O–H groups in total. The number of benzene rings is 1. The van der Waals surface area contributed by atoms with Gasteiger partial charge in [-0.1, -0.05) is 12.1 Å². The van der Waals surface area contributed by atoms with Crippen molar-refractivity contribution in [3.63, 3.8) is 0 Å². The van der Waals surface area contributed by atoms with Crippen molar-refractivity contribution in [3.8, 4) is 0 Å². The Labute approximate surface area is 83.0 Å². The number of hydrogen-bond acceptors (Lipinski definition) is 2. The lowest BCUT2D eigenvalue weighted by Gasteiger charge is -2.04. The molecule has 0 aliphatic heterocycles. The maximum absolute atomic E-state index is 9.51. The summed E-state index contributed by atoms with van der Waals surface area (Å²) in [6, 6.07) is 6.00. The van der Waals surface area contributed by atoms with E-state index in [1.54, 1.807) is 6.92 Å². The summed E-state index contributed by atoms with van der Waals surface area (Å²) in [4.78, 5) is 4.39. The lowest BCUT2D eigenvalue weighted by molar-refractivity contribution is 0.186. The van der Waals surface area contributed by atoms with E-state index in [0.29, 0.717) is 5.82 Å². The van der Waals surface area contributed by atoms with Gasteiger partial charge in [0.05, 0.1) is 11.0 Å². The van der Waals surface area contributed by atoms with Crippen LogP contribution in [0.15, 0.2) is 18.2 Å². The third-order valence-corrected chi connectivity index (χ3v) is 2.50. The van der Waals surface area contributed by atoms with Gasteiger partial charge in [0.15, 0.2) is 0 Å². The first-order valence-electron chi connectivity index (χ1n) is 4.71. The van der Waals surface area contributed by atoms with Crippen molar-refractivity contribution in [2.75, 3.05) is 0 Å². The van der Waals surface area contributed by atoms with E-state index in [2.05, 4.69) is 18.0 Å². The third kappa shape index (κ3) is 1.21. The fourth-order valence-electron chi connectivity index (χ4n) is 1.86. The number of nitrogens with zero attached hydrogens (tertiary/aromatic N) is 2. The number of para-hydroxylation sites is 1. The molecule has 14 heavy (non-hydrogen) atoms. The van der Waals surface area contributed by atoms with Crippen LogP contribution in [0.2, 0.25) is 0 Å². The van der Waals surface area contributed by atoms with E-state index >= 15 is 0 Å². The predicted molar refractivity (Wildman–Crippen MR) is 56.1 cm³/mol. The molecular weight excluding hydrogens is 176 g/mol. The van der Waals surface area contributed by atoms with E-state index in [1.807, 2.05) is 23.7 Å². The SMILES string of the molecule is Cc1cccc2nc(C(C)O)n(C)c12. The Balaban J connectivity index is 2.81. The molecular formula is C11H14N2O. The number of aliphatic hydroxyl groups is 1. The second-order valence-electron chi connectivity index (χ2n) is 3.65. The van der Waals surface area contributed by atoms with E-state index < -0.39 is 6.10 Å². The van der Waals surface area contributed by atoms with Crippen molar-refractivity contribution in [1.82, 2.24) is 9.55 Å². The van der Waals surface area contributed by atoms with Crippen LogP contribution in [-0.2, 0) is 7.05 Å². The highest BCUT2D eigenvalue weighted by atomic mass is 16.3. The molecule has 0 amide bonds. The summed E-state index contributed by atoms with van der Waals surface area (Å²) >= 11 is 0. The Hall–Kier alpha value is -1.35. The minimum atomic E-state index is -0.521. The van der Waals surface area contributed by atoms with E-state index in [1.165, 1.54) is 5.56 Å². The maximum Gasteiger partial charge on any atom is 0.138 e. The van der Waals surface area contributed by atoms with Crippen LogP contribution in [0.1, 0.15) is 24.4 Å². The summed E-state index contributed by atoms with van der Waals surface area (Å²) in [6.45, 7) is 3.78. The van der Waals surface area contributed by atoms with E-state index in [-0.39, 0.29) is 0 Å². The number of imidazole rings is 1. The number of fused-ring (bicyclic) bond motifs is 1. The topological polar surface area (TPSA) is 38.1 Å². The first kappa shape index (κ1) is 9.21. The summed E-state index contributed by atoms with van der Waals surface area (Å²) in [5, 5.41) is 9.51. The molecule has 1 atom stereocenters. The van der Waals surface area contributed by atoms with Gasteiger partial charge in [-0.05, 0) is 25.5 Å². The molecule has 0 saturated carbocycles. The summed E-state index contributed by atoms with van der Waals surface area (Å²) in [5.74, 6) is 0.717. The Bertz CT molecular complexity index is 471. The lowest BCUT2D eigenvalue weighted by Crippen LogP contribution is -2.02. The number of aliphatic hydroxyl groups excluding tert-OH is 1. The van der Waals surface area contributed by atoms with Crippen molar-refractivity contribution in [2.45, 2.75) is 20.0 Å². The summed E-state index contributed by atoms with van der Waals surface area (Å²) < 4.78 is 1.95. The Morgan fingerprint density at radius 2 is 2.14 bits per heavy atom. The Morgan fingerprint density at radius 3 is 2.71 bits per heavy atom. The fourth-order valence-corrected chi connectivity index (χ4v) is 1.86. The van der Waals surface area contributed by atoms with Crippen LogP contribution in [0.3, 0.4) is 0 Å². The van der Waals surface area contributed by atoms with Gasteiger partial charge in [0.2, 0.25) is 0 Å². The first-order chi connectivity index (χ1) is 6.61. The predicted octanol–water partition coefficient (Wildman–Crippen LogP) is 1.94. The maximum atomic E-state index is 9.51. The second-order valence-corrected chi connectivity index (χ2v) is 3.65. The first-order valence-corrected chi connectivity index (χ1v) is 4.71. The van der Waals surface area contributed by atoms with Gasteiger partial charge in [-0.25, -0.2) is 4.98 Å². The summed E-state index contributed by atoms with van der Waals surface area (Å²) in [6.07, 6.45) is -0.521. The summed E-state index contributed by atoms with van der Waals surface area (Å²) in [5.41, 5.74) is 3.23. The monoisotopic (exact) mass is 190 g/mol. The zero-order valence-corrected chi connectivity index (χ0v) is 8.65. The van der Waals surface area contributed by atoms with Crippen molar-refractivity contribution < 1.29 is 5.11 Å². The molecule has 0 radical (unpaired) electrons. The minimum absolute atomic E-state index is 0.521. The molecule has 0 spiro atoms. The van der Waals surface area contributed by atoms with Crippen LogP contribution in [0.4, 0.5) is 0 Å². The normalized spacial score (nSPS) is 13.4. The van der Waals surface area contributed by atoms with Crippen LogP contribution in [0.25, 0.3) is 11.0 Å². The Morgan fingerprint density at radius 1 is 1.43 bits per heavy atom.